The van der Waals surface area contributed by atoms with E-state index in [1.165, 1.54) is 129 Å². The van der Waals surface area contributed by atoms with E-state index in [0.717, 1.165) is 141 Å². The van der Waals surface area contributed by atoms with Crippen LogP contribution in [0.1, 0.15) is 498 Å². The minimum Gasteiger partial charge on any atom is -0.354 e. The molecule has 9 saturated carbocycles. The van der Waals surface area contributed by atoms with Crippen LogP contribution in [-0.4, -0.2) is 14.8 Å². The molecular weight excluding hydrogens is 1790 g/mol. The molecule has 6 aromatic rings. The van der Waals surface area contributed by atoms with Gasteiger partial charge in [0, 0.05) is 42.9 Å². The molecule has 146 heavy (non-hydrogen) atoms. The van der Waals surface area contributed by atoms with Gasteiger partial charge in [-0.25, -0.2) is 4.39 Å². The molecular formula is C140H246ClFN4. The van der Waals surface area contributed by atoms with Crippen molar-refractivity contribution in [2.75, 3.05) is 0 Å². The van der Waals surface area contributed by atoms with Crippen LogP contribution in [0.25, 0.3) is 0 Å². The molecule has 4 nitrogen and oxygen atoms in total. The first-order valence-electron chi connectivity index (χ1n) is 60.0. The van der Waals surface area contributed by atoms with Crippen LogP contribution in [0.3, 0.4) is 0 Å². The summed E-state index contributed by atoms with van der Waals surface area (Å²) in [7, 11) is 4.20. The van der Waals surface area contributed by atoms with Crippen LogP contribution >= 0.6 is 11.6 Å². The Balaban J connectivity index is 0. The first-order chi connectivity index (χ1) is 67.4. The summed E-state index contributed by atoms with van der Waals surface area (Å²) in [4.78, 5) is 0. The molecule has 0 amide bonds. The van der Waals surface area contributed by atoms with Gasteiger partial charge in [0.25, 0.3) is 0 Å². The summed E-state index contributed by atoms with van der Waals surface area (Å²) >= 11 is 5.97. The van der Waals surface area contributed by atoms with Gasteiger partial charge < -0.3 is 9.13 Å². The van der Waals surface area contributed by atoms with E-state index in [1.54, 1.807) is 51.0 Å². The van der Waals surface area contributed by atoms with Crippen molar-refractivity contribution in [2.45, 2.75) is 504 Å². The van der Waals surface area contributed by atoms with Crippen LogP contribution in [-0.2, 0) is 45.2 Å². The van der Waals surface area contributed by atoms with Gasteiger partial charge in [0.1, 0.15) is 5.67 Å². The van der Waals surface area contributed by atoms with E-state index in [-0.39, 0.29) is 10.8 Å². The maximum atomic E-state index is 12.8. The predicted molar refractivity (Wildman–Crippen MR) is 655 cm³/mol. The van der Waals surface area contributed by atoms with E-state index in [1.807, 2.05) is 39.0 Å². The van der Waals surface area contributed by atoms with Gasteiger partial charge in [-0.3, -0.25) is 0 Å². The number of hydrogen-bond donors (Lipinski definition) is 0. The number of benzene rings is 4. The third kappa shape index (κ3) is 55.4. The Morgan fingerprint density at radius 1 is 0.418 bits per heavy atom. The molecule has 0 saturated heterocycles. The van der Waals surface area contributed by atoms with Crippen molar-refractivity contribution >= 4 is 11.6 Å². The topological polar surface area (TPSA) is 57.4 Å². The molecule has 6 heteroatoms. The van der Waals surface area contributed by atoms with Crippen molar-refractivity contribution in [1.29, 1.82) is 10.5 Å². The molecule has 4 aromatic carbocycles. The Morgan fingerprint density at radius 2 is 0.884 bits per heavy atom. The molecule has 0 N–H and O–H groups in total. The van der Waals surface area contributed by atoms with Crippen LogP contribution in [0, 0.1) is 205 Å². The summed E-state index contributed by atoms with van der Waals surface area (Å²) in [6.07, 6.45) is 35.4. The number of nitriles is 2. The highest BCUT2D eigenvalue weighted by Gasteiger charge is 2.63. The van der Waals surface area contributed by atoms with E-state index in [2.05, 4.69) is 469 Å². The molecule has 9 aliphatic rings. The second-order valence-corrected chi connectivity index (χ2v) is 55.7. The van der Waals surface area contributed by atoms with Gasteiger partial charge in [-0.1, -0.05) is 462 Å². The highest BCUT2D eigenvalue weighted by atomic mass is 35.5. The number of halogens is 2. The Kier molecular flexibility index (Phi) is 68.5. The lowest BCUT2D eigenvalue weighted by Crippen LogP contribution is -2.54. The number of rotatable bonds is 25. The SMILES string of the molecule is CC(C)C(C)(C#N)C(C)C.CC(C)C(C)(C)C#N.CC(C)C(C)C.CC(C)C(C)c1cccn1C.CC(C)C1(C)CCC1.CC(C)C1(c2ccccc2)CCC1.CC(C)C12CC(C1)C2.CC(C)C1CC(C)(F)C1.CC(C)C1CC12CC2.CC(C)C1CCC1.CC(C)Cc1ccccc1Cl.CC(C)Cc1cccn1C.CCC(C)(C)C(C)C.CCC(C)C(C)C.Cc1ccc(CC(C)C)cc1.Cc1cccc(CC(C)C)c1. The van der Waals surface area contributed by atoms with Gasteiger partial charge >= 0.3 is 0 Å². The summed E-state index contributed by atoms with van der Waals surface area (Å²) < 4.78 is 17.2. The predicted octanol–water partition coefficient (Wildman–Crippen LogP) is 44.7. The number of nitrogens with zero attached hydrogens (tertiary/aromatic N) is 4. The monoisotopic (exact) mass is 2040 g/mol. The molecule has 0 radical (unpaired) electrons. The van der Waals surface area contributed by atoms with Gasteiger partial charge in [0.2, 0.25) is 0 Å². The Morgan fingerprint density at radius 3 is 1.10 bits per heavy atom. The van der Waals surface area contributed by atoms with E-state index in [4.69, 9.17) is 22.1 Å². The number of alkyl halides is 1. The molecule has 840 valence electrons. The number of aryl methyl sites for hydroxylation is 4. The minimum atomic E-state index is -0.824. The van der Waals surface area contributed by atoms with Gasteiger partial charge in [-0.2, -0.15) is 10.5 Å². The highest BCUT2D eigenvalue weighted by molar-refractivity contribution is 6.31. The van der Waals surface area contributed by atoms with Crippen molar-refractivity contribution in [3.63, 3.8) is 0 Å². The van der Waals surface area contributed by atoms with Gasteiger partial charge in [0.15, 0.2) is 0 Å². The molecule has 9 aliphatic carbocycles. The second-order valence-electron chi connectivity index (χ2n) is 55.3. The van der Waals surface area contributed by atoms with Crippen LogP contribution in [0.2, 0.25) is 5.02 Å². The van der Waals surface area contributed by atoms with Crippen molar-refractivity contribution in [3.05, 3.63) is 190 Å². The molecule has 3 atom stereocenters. The van der Waals surface area contributed by atoms with Crippen LogP contribution in [0.15, 0.2) is 140 Å². The fraction of sp³-hybridized carbons (Fsp3) is 0.757. The molecule has 2 aromatic heterocycles. The van der Waals surface area contributed by atoms with Gasteiger partial charge in [-0.15, -0.1) is 0 Å². The third-order valence-corrected chi connectivity index (χ3v) is 36.8. The molecule has 2 heterocycles. The molecule has 3 unspecified atom stereocenters. The second kappa shape index (κ2) is 70.1. The zero-order valence-electron chi connectivity index (χ0n) is 106. The first-order valence-corrected chi connectivity index (χ1v) is 60.4. The summed E-state index contributed by atoms with van der Waals surface area (Å²) in [5, 5.41) is 18.3. The largest absolute Gasteiger partial charge is 0.354 e. The summed E-state index contributed by atoms with van der Waals surface area (Å²) in [6.45, 7) is 109. The van der Waals surface area contributed by atoms with Crippen molar-refractivity contribution in [3.8, 4) is 12.1 Å². The molecule has 1 spiro atoms. The first kappa shape index (κ1) is 143. The fourth-order valence-electron chi connectivity index (χ4n) is 18.7. The zero-order valence-corrected chi connectivity index (χ0v) is 107. The standard InChI is InChI=1S/C13H18.2C11H16.C10H13Cl.C10H17N.C9H15N.C9H17N.C8H15F.2C8H14.C8H16.C8H18.C7H13N.C7H14.C7H16.C6H14/c1-11(2)13(9-6-10-13)12-7-4-3-5-8-12;1-9(2)8-11-6-4-10(3)5-7-11;1-9(2)7-11-6-4-5-10(3)8-11;1-8(2)7-9-5-3-4-6-10(9)11;1-8(2)9(3)10-6-5-7-11(10)4;1-8(2)7-9-5-4-6-10(9)3;1-7(2)9(5,6-10)8(3)4;1-6(2)7-4-8(3,9)5-7;1-6(2)8-3-7(4-8)5-8;1-6(2)7-5-8(7)3-4-8;1-7(2)8(3)5-4-6-8;1-6-8(4,5)7(2)3;1-6(2)7(3,4)5-8;1-6(2)7-4-3-5-7;1-5-7(4)6(2)3;1-5(2)6(3)4/h3-5,7-8,11H,6,9-10H2,1-2H3;4-7,9H,8H2,1-3H3;4-6,8-9H,7H2,1-3H3;3-6,8H,7H2,1-2H3;5-9H,1-4H3;4-6,8H,7H2,1-3H3;7-8H,1-5H3;6-7H,4-5H2,1-3H3;2*6-7H,3-5H2,1-2H3;7H,4-6H2,1-3H3;7H,6H2,1-5H3;6H,1-4H3;6-7H,3-5H2,1-2H3;6-7H,5H2,1-4H3;5-6H,1-4H3. The number of aromatic nitrogens is 2. The maximum absolute atomic E-state index is 12.8. The number of hydrogen-bond acceptors (Lipinski definition) is 2. The van der Waals surface area contributed by atoms with E-state index in [9.17, 15) is 4.39 Å². The normalized spacial score (nSPS) is 19.3. The van der Waals surface area contributed by atoms with Crippen LogP contribution in [0.4, 0.5) is 4.39 Å². The van der Waals surface area contributed by atoms with Gasteiger partial charge in [0.05, 0.1) is 23.0 Å². The molecule has 15 rings (SSSR count). The van der Waals surface area contributed by atoms with Gasteiger partial charge in [-0.05, 0) is 366 Å². The molecule has 9 fully saturated rings. The smallest absolute Gasteiger partial charge is 0.108 e. The minimum absolute atomic E-state index is 0.153. The summed E-state index contributed by atoms with van der Waals surface area (Å²) in [6, 6.07) is 49.8. The highest BCUT2D eigenvalue weighted by Crippen LogP contribution is 2.73. The van der Waals surface area contributed by atoms with Crippen LogP contribution in [0.5, 0.6) is 0 Å². The summed E-state index contributed by atoms with van der Waals surface area (Å²) in [5.41, 5.74) is 13.7. The zero-order chi connectivity index (χ0) is 113. The maximum Gasteiger partial charge on any atom is 0.108 e. The third-order valence-electron chi connectivity index (χ3n) is 36.4. The lowest BCUT2D eigenvalue weighted by Gasteiger charge is -2.64. The average Bonchev–Trinajstić information content (AvgIpc) is 1.46. The van der Waals surface area contributed by atoms with Crippen LogP contribution < -0.4 is 0 Å². The van der Waals surface area contributed by atoms with Crippen molar-refractivity contribution in [2.24, 2.45) is 183 Å². The summed E-state index contributed by atoms with van der Waals surface area (Å²) in [5.74, 6) is 19.2. The Bertz CT molecular complexity index is 4250. The van der Waals surface area contributed by atoms with E-state index in [0.29, 0.717) is 52.3 Å². The lowest BCUT2D eigenvalue weighted by atomic mass is 9.41. The van der Waals surface area contributed by atoms with E-state index < -0.39 is 5.67 Å². The Labute approximate surface area is 917 Å². The fourth-order valence-corrected chi connectivity index (χ4v) is 18.9. The van der Waals surface area contributed by atoms with Crippen molar-refractivity contribution in [1.82, 2.24) is 9.13 Å². The lowest BCUT2D eigenvalue weighted by molar-refractivity contribution is -0.141. The molecule has 0 aliphatic heterocycles. The molecule has 2 bridgehead atoms. The van der Waals surface area contributed by atoms with E-state index >= 15 is 0 Å². The van der Waals surface area contributed by atoms with Crippen molar-refractivity contribution < 1.29 is 4.39 Å². The quantitative estimate of drug-likeness (QED) is 0.0573. The Hall–Kier alpha value is -5.36. The average molecular weight is 2040 g/mol.